The Kier molecular flexibility index (Phi) is 5.32. The molecule has 0 atom stereocenters. The zero-order valence-corrected chi connectivity index (χ0v) is 15.6. The van der Waals surface area contributed by atoms with Crippen molar-refractivity contribution in [3.63, 3.8) is 0 Å². The summed E-state index contributed by atoms with van der Waals surface area (Å²) in [6.45, 7) is 0. The average Bonchev–Trinajstić information content (AvgIpc) is 3.20. The second kappa shape index (κ2) is 7.42. The molecule has 2 aromatic rings. The molecule has 0 radical (unpaired) electrons. The van der Waals surface area contributed by atoms with Gasteiger partial charge in [0, 0.05) is 0 Å². The van der Waals surface area contributed by atoms with E-state index in [4.69, 9.17) is 0 Å². The Hall–Kier alpha value is -0.601. The van der Waals surface area contributed by atoms with Crippen LogP contribution in [0.5, 0.6) is 0 Å². The Balaban J connectivity index is 1.56. The van der Waals surface area contributed by atoms with E-state index < -0.39 is 0 Å². The molecule has 0 fully saturated rings. The van der Waals surface area contributed by atoms with Crippen LogP contribution in [0.2, 0.25) is 0 Å². The van der Waals surface area contributed by atoms with E-state index in [-0.39, 0.29) is 0 Å². The summed E-state index contributed by atoms with van der Waals surface area (Å²) in [5.74, 6) is 0. The minimum atomic E-state index is 0.521. The van der Waals surface area contributed by atoms with Gasteiger partial charge in [0.05, 0.1) is 0 Å². The topological polar surface area (TPSA) is 0 Å². The molecule has 0 bridgehead atoms. The molecule has 100 valence electrons. The van der Waals surface area contributed by atoms with Crippen molar-refractivity contribution in [3.05, 3.63) is 75.8 Å². The molecule has 0 aromatic carbocycles. The second-order valence-electron chi connectivity index (χ2n) is 3.95. The standard InChI is InChI=1S/C16H12S2Se2/c1(4-13-5-2-10-17-13)7-16-19-12-15(20-16)9-8-14-6-3-11-18-14/h1-12H/b4-1+,9-8+,16-7+. The first kappa shape index (κ1) is 14.3. The number of hydrogen-bond donors (Lipinski definition) is 0. The van der Waals surface area contributed by atoms with E-state index in [1.807, 2.05) is 0 Å². The first-order valence-electron chi connectivity index (χ1n) is 6.08. The summed E-state index contributed by atoms with van der Waals surface area (Å²) in [5.41, 5.74) is 0. The predicted octanol–water partition coefficient (Wildman–Crippen LogP) is 4.64. The van der Waals surface area contributed by atoms with Crippen LogP contribution in [0.25, 0.3) is 12.2 Å². The molecule has 0 unspecified atom stereocenters. The monoisotopic (exact) mass is 428 g/mol. The molecule has 1 aliphatic heterocycles. The normalized spacial score (nSPS) is 17.6. The Morgan fingerprint density at radius 1 is 0.900 bits per heavy atom. The molecule has 1 aliphatic rings. The Morgan fingerprint density at radius 3 is 2.35 bits per heavy atom. The van der Waals surface area contributed by atoms with Crippen molar-refractivity contribution >= 4 is 64.7 Å². The molecule has 3 rings (SSSR count). The van der Waals surface area contributed by atoms with Gasteiger partial charge in [-0.3, -0.25) is 0 Å². The van der Waals surface area contributed by atoms with Crippen molar-refractivity contribution in [1.29, 1.82) is 0 Å². The van der Waals surface area contributed by atoms with Gasteiger partial charge in [0.2, 0.25) is 0 Å². The summed E-state index contributed by atoms with van der Waals surface area (Å²) in [7, 11) is 0. The Morgan fingerprint density at radius 2 is 1.65 bits per heavy atom. The van der Waals surface area contributed by atoms with Crippen molar-refractivity contribution in [2.24, 2.45) is 0 Å². The zero-order chi connectivity index (χ0) is 13.6. The van der Waals surface area contributed by atoms with Crippen LogP contribution in [0.3, 0.4) is 0 Å². The van der Waals surface area contributed by atoms with Gasteiger partial charge in [-0.05, 0) is 0 Å². The van der Waals surface area contributed by atoms with E-state index >= 15 is 0 Å². The van der Waals surface area contributed by atoms with Crippen molar-refractivity contribution in [2.45, 2.75) is 0 Å². The van der Waals surface area contributed by atoms with Crippen molar-refractivity contribution in [1.82, 2.24) is 0 Å². The van der Waals surface area contributed by atoms with Crippen LogP contribution in [-0.4, -0.2) is 29.9 Å². The summed E-state index contributed by atoms with van der Waals surface area (Å²) < 4.78 is 3.13. The van der Waals surface area contributed by atoms with Gasteiger partial charge >= 0.3 is 141 Å². The molecule has 0 aliphatic carbocycles. The SMILES string of the molecule is C1=C(/C=C/c2cccs2)[Se]/C(=C/C=C/c2cccs2)[Se]1. The van der Waals surface area contributed by atoms with Gasteiger partial charge < -0.3 is 0 Å². The fourth-order valence-electron chi connectivity index (χ4n) is 1.59. The fraction of sp³-hybridized carbons (Fsp3) is 0. The molecule has 0 saturated heterocycles. The average molecular weight is 426 g/mol. The van der Waals surface area contributed by atoms with Crippen LogP contribution < -0.4 is 0 Å². The molecular weight excluding hydrogens is 414 g/mol. The third kappa shape index (κ3) is 4.19. The molecule has 0 amide bonds. The molecule has 3 heterocycles. The first-order chi connectivity index (χ1) is 9.90. The van der Waals surface area contributed by atoms with Gasteiger partial charge in [-0.1, -0.05) is 0 Å². The Labute approximate surface area is 139 Å². The van der Waals surface area contributed by atoms with Crippen LogP contribution in [0.1, 0.15) is 9.75 Å². The van der Waals surface area contributed by atoms with Crippen molar-refractivity contribution in [2.75, 3.05) is 0 Å². The molecular formula is C16H12S2Se2. The number of hydrogen-bond acceptors (Lipinski definition) is 2. The van der Waals surface area contributed by atoms with Crippen LogP contribution >= 0.6 is 22.7 Å². The summed E-state index contributed by atoms with van der Waals surface area (Å²) in [6, 6.07) is 8.51. The van der Waals surface area contributed by atoms with Crippen LogP contribution in [0, 0.1) is 0 Å². The maximum atomic E-state index is 2.42. The molecule has 0 nitrogen and oxygen atoms in total. The first-order valence-corrected chi connectivity index (χ1v) is 11.4. The van der Waals surface area contributed by atoms with Crippen LogP contribution in [-0.2, 0) is 0 Å². The van der Waals surface area contributed by atoms with Gasteiger partial charge in [0.25, 0.3) is 0 Å². The van der Waals surface area contributed by atoms with Gasteiger partial charge in [-0.15, -0.1) is 0 Å². The second-order valence-corrected chi connectivity index (χ2v) is 11.5. The number of thiophene rings is 2. The van der Waals surface area contributed by atoms with Crippen molar-refractivity contribution in [3.8, 4) is 0 Å². The molecule has 20 heavy (non-hydrogen) atoms. The van der Waals surface area contributed by atoms with Gasteiger partial charge in [-0.25, -0.2) is 0 Å². The quantitative estimate of drug-likeness (QED) is 0.625. The summed E-state index contributed by atoms with van der Waals surface area (Å²) in [5, 5.41) is 4.24. The van der Waals surface area contributed by atoms with E-state index in [9.17, 15) is 0 Å². The van der Waals surface area contributed by atoms with Crippen molar-refractivity contribution < 1.29 is 0 Å². The predicted molar refractivity (Wildman–Crippen MR) is 94.4 cm³/mol. The van der Waals surface area contributed by atoms with E-state index in [2.05, 4.69) is 70.4 Å². The number of rotatable bonds is 4. The third-order valence-electron chi connectivity index (χ3n) is 2.50. The summed E-state index contributed by atoms with van der Waals surface area (Å²) >= 11 is 4.65. The van der Waals surface area contributed by atoms with E-state index in [1.54, 1.807) is 26.0 Å². The maximum absolute atomic E-state index is 2.42. The van der Waals surface area contributed by atoms with Gasteiger partial charge in [0.1, 0.15) is 0 Å². The molecule has 0 N–H and O–H groups in total. The fourth-order valence-corrected chi connectivity index (χ4v) is 8.24. The zero-order valence-electron chi connectivity index (χ0n) is 10.6. The summed E-state index contributed by atoms with van der Waals surface area (Å²) in [6.07, 6.45) is 11.2. The molecule has 2 aromatic heterocycles. The van der Waals surface area contributed by atoms with Gasteiger partial charge in [-0.2, -0.15) is 0 Å². The molecule has 4 heteroatoms. The molecule has 0 spiro atoms. The number of allylic oxidation sites excluding steroid dienone is 4. The third-order valence-corrected chi connectivity index (χ3v) is 10.2. The van der Waals surface area contributed by atoms with E-state index in [0.29, 0.717) is 29.9 Å². The summed E-state index contributed by atoms with van der Waals surface area (Å²) in [4.78, 5) is 5.08. The van der Waals surface area contributed by atoms with E-state index in [1.165, 1.54) is 14.2 Å². The van der Waals surface area contributed by atoms with E-state index in [0.717, 1.165) is 0 Å². The van der Waals surface area contributed by atoms with Crippen LogP contribution in [0.4, 0.5) is 0 Å². The van der Waals surface area contributed by atoms with Gasteiger partial charge in [0.15, 0.2) is 0 Å². The molecule has 0 saturated carbocycles. The minimum absolute atomic E-state index is 0.521. The Bertz CT molecular complexity index is 659. The van der Waals surface area contributed by atoms with Crippen LogP contribution in [0.15, 0.2) is 66.1 Å².